The van der Waals surface area contributed by atoms with Crippen LogP contribution in [0.4, 0.5) is 5.69 Å². The predicted molar refractivity (Wildman–Crippen MR) is 106 cm³/mol. The van der Waals surface area contributed by atoms with Gasteiger partial charge in [0.25, 0.3) is 5.91 Å². The van der Waals surface area contributed by atoms with Crippen LogP contribution in [0.3, 0.4) is 0 Å². The highest BCUT2D eigenvalue weighted by atomic mass is 35.5. The van der Waals surface area contributed by atoms with E-state index >= 15 is 0 Å². The number of hydrogen-bond acceptors (Lipinski definition) is 6. The van der Waals surface area contributed by atoms with Crippen LogP contribution in [0.1, 0.15) is 36.7 Å². The maximum absolute atomic E-state index is 12.3. The smallest absolute Gasteiger partial charge is 0.271 e. The Kier molecular flexibility index (Phi) is 7.89. The molecule has 0 unspecified atom stereocenters. The van der Waals surface area contributed by atoms with Crippen LogP contribution in [-0.2, 0) is 14.6 Å². The van der Waals surface area contributed by atoms with Gasteiger partial charge in [-0.3, -0.25) is 9.59 Å². The van der Waals surface area contributed by atoms with Gasteiger partial charge in [0.1, 0.15) is 0 Å². The predicted octanol–water partition coefficient (Wildman–Crippen LogP) is 2.46. The van der Waals surface area contributed by atoms with Crippen molar-refractivity contribution in [3.8, 4) is 0 Å². The molecule has 0 saturated carbocycles. The summed E-state index contributed by atoms with van der Waals surface area (Å²) >= 11 is 5.93. The van der Waals surface area contributed by atoms with Crippen LogP contribution >= 0.6 is 11.6 Å². The molecule has 1 heterocycles. The number of rotatable bonds is 9. The third kappa shape index (κ3) is 6.28. The zero-order chi connectivity index (χ0) is 20.6. The first kappa shape index (κ1) is 21.8. The van der Waals surface area contributed by atoms with Crippen LogP contribution in [0.25, 0.3) is 0 Å². The van der Waals surface area contributed by atoms with Gasteiger partial charge in [-0.25, -0.2) is 18.4 Å². The molecule has 2 N–H and O–H groups in total. The van der Waals surface area contributed by atoms with Gasteiger partial charge in [-0.05, 0) is 25.0 Å². The molecule has 8 nitrogen and oxygen atoms in total. The summed E-state index contributed by atoms with van der Waals surface area (Å²) in [5.74, 6) is -0.913. The summed E-state index contributed by atoms with van der Waals surface area (Å²) in [6.45, 7) is 1.92. The van der Waals surface area contributed by atoms with Crippen LogP contribution in [0.15, 0.2) is 41.7 Å². The Morgan fingerprint density at radius 2 is 1.89 bits per heavy atom. The summed E-state index contributed by atoms with van der Waals surface area (Å²) in [6.07, 6.45) is 2.11. The number of sulfone groups is 1. The summed E-state index contributed by atoms with van der Waals surface area (Å²) in [5, 5.41) is 4.86. The van der Waals surface area contributed by atoms with Gasteiger partial charge in [-0.2, -0.15) is 0 Å². The number of carbonyl (C=O) groups excluding carboxylic acids is 2. The van der Waals surface area contributed by atoms with E-state index in [1.54, 1.807) is 19.1 Å². The monoisotopic (exact) mass is 424 g/mol. The number of carbonyl (C=O) groups is 2. The molecule has 0 aliphatic carbocycles. The third-order valence-corrected chi connectivity index (χ3v) is 5.59. The largest absolute Gasteiger partial charge is 0.351 e. The highest BCUT2D eigenvalue weighted by Crippen LogP contribution is 2.15. The number of halogens is 1. The maximum Gasteiger partial charge on any atom is 0.271 e. The zero-order valence-electron chi connectivity index (χ0n) is 15.3. The molecular formula is C18H21ClN4O4S. The second kappa shape index (κ2) is 10.1. The Hall–Kier alpha value is -2.52. The van der Waals surface area contributed by atoms with Crippen molar-refractivity contribution in [2.24, 2.45) is 0 Å². The van der Waals surface area contributed by atoms with E-state index in [4.69, 9.17) is 11.6 Å². The molecule has 0 atom stereocenters. The van der Waals surface area contributed by atoms with E-state index in [1.807, 2.05) is 18.2 Å². The number of para-hydroxylation sites is 1. The summed E-state index contributed by atoms with van der Waals surface area (Å²) < 4.78 is 24.1. The second-order valence-electron chi connectivity index (χ2n) is 5.94. The minimum Gasteiger partial charge on any atom is -0.351 e. The summed E-state index contributed by atoms with van der Waals surface area (Å²) in [6, 6.07) is 9.04. The summed E-state index contributed by atoms with van der Waals surface area (Å²) in [4.78, 5) is 31.6. The fourth-order valence-electron chi connectivity index (χ4n) is 2.30. The molecule has 2 rings (SSSR count). The van der Waals surface area contributed by atoms with Crippen LogP contribution in [0.5, 0.6) is 0 Å². The number of nitrogens with one attached hydrogen (secondary N) is 2. The number of amides is 2. The van der Waals surface area contributed by atoms with Crippen molar-refractivity contribution in [3.05, 3.63) is 47.2 Å². The van der Waals surface area contributed by atoms with E-state index in [9.17, 15) is 18.0 Å². The van der Waals surface area contributed by atoms with E-state index in [-0.39, 0.29) is 35.3 Å². The van der Waals surface area contributed by atoms with E-state index in [2.05, 4.69) is 20.6 Å². The Morgan fingerprint density at radius 3 is 2.57 bits per heavy atom. The first-order chi connectivity index (χ1) is 13.3. The highest BCUT2D eigenvalue weighted by molar-refractivity contribution is 7.91. The van der Waals surface area contributed by atoms with Crippen molar-refractivity contribution < 1.29 is 18.0 Å². The van der Waals surface area contributed by atoms with Crippen molar-refractivity contribution in [1.29, 1.82) is 0 Å². The quantitative estimate of drug-likeness (QED) is 0.471. The molecule has 28 heavy (non-hydrogen) atoms. The first-order valence-corrected chi connectivity index (χ1v) is 10.7. The fraction of sp³-hybridized carbons (Fsp3) is 0.333. The van der Waals surface area contributed by atoms with Gasteiger partial charge < -0.3 is 10.6 Å². The van der Waals surface area contributed by atoms with Crippen LogP contribution in [-0.4, -0.2) is 42.5 Å². The van der Waals surface area contributed by atoms with Crippen LogP contribution < -0.4 is 10.6 Å². The van der Waals surface area contributed by atoms with Gasteiger partial charge in [0, 0.05) is 18.7 Å². The van der Waals surface area contributed by atoms with Gasteiger partial charge in [-0.1, -0.05) is 36.7 Å². The maximum atomic E-state index is 12.3. The van der Waals surface area contributed by atoms with Crippen molar-refractivity contribution >= 4 is 38.9 Å². The van der Waals surface area contributed by atoms with E-state index in [1.165, 1.54) is 0 Å². The molecule has 150 valence electrons. The average Bonchev–Trinajstić information content (AvgIpc) is 2.66. The van der Waals surface area contributed by atoms with Gasteiger partial charge >= 0.3 is 0 Å². The van der Waals surface area contributed by atoms with Crippen molar-refractivity contribution in [2.45, 2.75) is 31.3 Å². The lowest BCUT2D eigenvalue weighted by atomic mass is 10.2. The molecule has 2 amide bonds. The molecular weight excluding hydrogens is 404 g/mol. The van der Waals surface area contributed by atoms with Crippen LogP contribution in [0, 0.1) is 0 Å². The number of hydrogen-bond donors (Lipinski definition) is 2. The third-order valence-electron chi connectivity index (χ3n) is 3.61. The van der Waals surface area contributed by atoms with Gasteiger partial charge in [0.05, 0.1) is 17.0 Å². The average molecular weight is 425 g/mol. The molecule has 0 aliphatic rings. The molecule has 0 spiro atoms. The number of anilines is 1. The molecule has 1 aromatic carbocycles. The van der Waals surface area contributed by atoms with Crippen LogP contribution in [0.2, 0.25) is 5.02 Å². The topological polar surface area (TPSA) is 118 Å². The molecule has 1 aromatic heterocycles. The minimum atomic E-state index is -3.66. The molecule has 2 aromatic rings. The molecule has 0 saturated heterocycles. The summed E-state index contributed by atoms with van der Waals surface area (Å²) in [7, 11) is -3.66. The van der Waals surface area contributed by atoms with Crippen molar-refractivity contribution in [1.82, 2.24) is 15.3 Å². The molecule has 0 aliphatic heterocycles. The lowest BCUT2D eigenvalue weighted by Gasteiger charge is -2.08. The fourth-order valence-corrected chi connectivity index (χ4v) is 3.64. The second-order valence-corrected chi connectivity index (χ2v) is 8.35. The number of nitrogens with zero attached hydrogens (tertiary/aromatic N) is 2. The zero-order valence-corrected chi connectivity index (χ0v) is 16.9. The van der Waals surface area contributed by atoms with Crippen molar-refractivity contribution in [3.63, 3.8) is 0 Å². The Balaban J connectivity index is 1.88. The first-order valence-electron chi connectivity index (χ1n) is 8.72. The lowest BCUT2D eigenvalue weighted by molar-refractivity contribution is -0.116. The minimum absolute atomic E-state index is 0.0465. The van der Waals surface area contributed by atoms with E-state index in [0.29, 0.717) is 18.5 Å². The number of aromatic nitrogens is 2. The standard InChI is InChI=1S/C18H21ClN4O4S/c1-2-11-28(26,27)18-21-12-14(19)16(23-18)17(25)20-10-6-9-15(24)22-13-7-4-3-5-8-13/h3-5,7-8,12H,2,6,9-11H2,1H3,(H,20,25)(H,22,24). The Morgan fingerprint density at radius 1 is 1.18 bits per heavy atom. The van der Waals surface area contributed by atoms with E-state index in [0.717, 1.165) is 6.20 Å². The highest BCUT2D eigenvalue weighted by Gasteiger charge is 2.21. The lowest BCUT2D eigenvalue weighted by Crippen LogP contribution is -2.27. The SMILES string of the molecule is CCCS(=O)(=O)c1ncc(Cl)c(C(=O)NCCCC(=O)Nc2ccccc2)n1. The molecule has 0 bridgehead atoms. The molecule has 0 fully saturated rings. The van der Waals surface area contributed by atoms with Gasteiger partial charge in [0.2, 0.25) is 20.9 Å². The normalized spacial score (nSPS) is 11.1. The molecule has 10 heteroatoms. The van der Waals surface area contributed by atoms with Crippen molar-refractivity contribution in [2.75, 3.05) is 17.6 Å². The number of benzene rings is 1. The van der Waals surface area contributed by atoms with Gasteiger partial charge in [0.15, 0.2) is 5.69 Å². The Labute approximate surface area is 168 Å². The van der Waals surface area contributed by atoms with E-state index < -0.39 is 20.9 Å². The summed E-state index contributed by atoms with van der Waals surface area (Å²) in [5.41, 5.74) is 0.491. The van der Waals surface area contributed by atoms with Gasteiger partial charge in [-0.15, -0.1) is 0 Å². The molecule has 0 radical (unpaired) electrons. The Bertz CT molecular complexity index is 936.